The van der Waals surface area contributed by atoms with E-state index in [9.17, 15) is 14.7 Å². The van der Waals surface area contributed by atoms with Crippen LogP contribution in [0.2, 0.25) is 0 Å². The third-order valence-corrected chi connectivity index (χ3v) is 5.67. The van der Waals surface area contributed by atoms with Crippen molar-refractivity contribution in [1.82, 2.24) is 14.9 Å². The number of hydrogen-bond donors (Lipinski definition) is 1. The summed E-state index contributed by atoms with van der Waals surface area (Å²) < 4.78 is 0. The molecule has 156 valence electrons. The first-order valence-corrected chi connectivity index (χ1v) is 10.2. The average molecular weight is 421 g/mol. The molecule has 5 rings (SSSR count). The molecule has 1 aliphatic rings. The van der Waals surface area contributed by atoms with Crippen LogP contribution in [0.4, 0.5) is 0 Å². The number of aromatic nitrogens is 2. The molecule has 4 aromatic rings. The summed E-state index contributed by atoms with van der Waals surface area (Å²) in [5.74, 6) is -1.57. The number of fused-ring (bicyclic) bond motifs is 1. The molecule has 1 atom stereocenters. The number of pyridine rings is 2. The monoisotopic (exact) mass is 421 g/mol. The normalized spacial score (nSPS) is 17.8. The van der Waals surface area contributed by atoms with E-state index >= 15 is 0 Å². The first-order chi connectivity index (χ1) is 15.6. The van der Waals surface area contributed by atoms with Crippen molar-refractivity contribution in [2.45, 2.75) is 12.6 Å². The summed E-state index contributed by atoms with van der Waals surface area (Å²) in [5, 5.41) is 13.1. The molecule has 6 heteroatoms. The maximum Gasteiger partial charge on any atom is 0.296 e. The Morgan fingerprint density at radius 3 is 2.41 bits per heavy atom. The number of nitrogens with zero attached hydrogens (tertiary/aromatic N) is 3. The second-order valence-corrected chi connectivity index (χ2v) is 7.56. The molecule has 1 aliphatic heterocycles. The molecule has 3 heterocycles. The lowest BCUT2D eigenvalue weighted by molar-refractivity contribution is -0.140. The Kier molecular flexibility index (Phi) is 4.95. The predicted molar refractivity (Wildman–Crippen MR) is 120 cm³/mol. The van der Waals surface area contributed by atoms with Gasteiger partial charge in [0.15, 0.2) is 0 Å². The van der Waals surface area contributed by atoms with Gasteiger partial charge in [-0.15, -0.1) is 0 Å². The van der Waals surface area contributed by atoms with Crippen molar-refractivity contribution in [2.24, 2.45) is 0 Å². The van der Waals surface area contributed by atoms with E-state index in [2.05, 4.69) is 9.97 Å². The number of aliphatic hydroxyl groups excluding tert-OH is 1. The number of carbonyl (C=O) groups excluding carboxylic acids is 2. The van der Waals surface area contributed by atoms with Crippen LogP contribution in [0, 0.1) is 0 Å². The van der Waals surface area contributed by atoms with Gasteiger partial charge >= 0.3 is 0 Å². The van der Waals surface area contributed by atoms with Crippen molar-refractivity contribution in [1.29, 1.82) is 0 Å². The van der Waals surface area contributed by atoms with Gasteiger partial charge < -0.3 is 10.0 Å². The Morgan fingerprint density at radius 2 is 1.62 bits per heavy atom. The highest BCUT2D eigenvalue weighted by atomic mass is 16.3. The van der Waals surface area contributed by atoms with Gasteiger partial charge in [0.05, 0.1) is 23.9 Å². The molecular weight excluding hydrogens is 402 g/mol. The number of hydrogen-bond acceptors (Lipinski definition) is 5. The minimum Gasteiger partial charge on any atom is -0.507 e. The van der Waals surface area contributed by atoms with E-state index in [0.29, 0.717) is 16.8 Å². The number of ketones is 1. The molecule has 0 aliphatic carbocycles. The number of benzene rings is 2. The fourth-order valence-electron chi connectivity index (χ4n) is 4.18. The fourth-order valence-corrected chi connectivity index (χ4v) is 4.18. The van der Waals surface area contributed by atoms with Crippen LogP contribution >= 0.6 is 0 Å². The molecule has 0 radical (unpaired) electrons. The van der Waals surface area contributed by atoms with Crippen LogP contribution in [-0.4, -0.2) is 31.7 Å². The summed E-state index contributed by atoms with van der Waals surface area (Å²) in [5.41, 5.74) is 1.92. The summed E-state index contributed by atoms with van der Waals surface area (Å²) in [6.07, 6.45) is 4.85. The van der Waals surface area contributed by atoms with Gasteiger partial charge in [0.2, 0.25) is 0 Å². The van der Waals surface area contributed by atoms with Gasteiger partial charge in [-0.3, -0.25) is 19.6 Å². The van der Waals surface area contributed by atoms with Crippen LogP contribution < -0.4 is 0 Å². The van der Waals surface area contributed by atoms with E-state index in [1.165, 1.54) is 4.90 Å². The van der Waals surface area contributed by atoms with Gasteiger partial charge in [-0.1, -0.05) is 48.5 Å². The van der Waals surface area contributed by atoms with E-state index < -0.39 is 17.7 Å². The number of likely N-dealkylation sites (tertiary alicyclic amines) is 1. The highest BCUT2D eigenvalue weighted by Crippen LogP contribution is 2.40. The van der Waals surface area contributed by atoms with E-state index in [0.717, 1.165) is 10.8 Å². The molecular formula is C26H19N3O3. The van der Waals surface area contributed by atoms with Gasteiger partial charge in [-0.2, -0.15) is 0 Å². The zero-order valence-electron chi connectivity index (χ0n) is 17.1. The van der Waals surface area contributed by atoms with Crippen LogP contribution in [0.15, 0.2) is 97.0 Å². The summed E-state index contributed by atoms with van der Waals surface area (Å²) in [4.78, 5) is 36.1. The third kappa shape index (κ3) is 3.32. The standard InChI is InChI=1S/C26H19N3O3/c30-24(21-10-5-7-17-6-1-2-9-20(17)21)22-23(18-11-14-27-15-12-18)29(26(32)25(22)31)16-19-8-3-4-13-28-19/h1-15,23,30H,16H2/b24-22-. The van der Waals surface area contributed by atoms with Gasteiger partial charge in [-0.05, 0) is 40.6 Å². The fraction of sp³-hybridized carbons (Fsp3) is 0.0769. The van der Waals surface area contributed by atoms with Crippen LogP contribution in [-0.2, 0) is 16.1 Å². The van der Waals surface area contributed by atoms with Gasteiger partial charge in [0.1, 0.15) is 5.76 Å². The summed E-state index contributed by atoms with van der Waals surface area (Å²) >= 11 is 0. The van der Waals surface area contributed by atoms with Crippen LogP contribution in [0.5, 0.6) is 0 Å². The number of amides is 1. The molecule has 0 saturated carbocycles. The molecule has 6 nitrogen and oxygen atoms in total. The average Bonchev–Trinajstić information content (AvgIpc) is 3.09. The zero-order valence-corrected chi connectivity index (χ0v) is 17.1. The highest BCUT2D eigenvalue weighted by Gasteiger charge is 2.46. The van der Waals surface area contributed by atoms with Gasteiger partial charge in [0.25, 0.3) is 11.7 Å². The Morgan fingerprint density at radius 1 is 0.875 bits per heavy atom. The topological polar surface area (TPSA) is 83.4 Å². The van der Waals surface area contributed by atoms with Gasteiger partial charge in [-0.25, -0.2) is 0 Å². The number of rotatable bonds is 4. The Hall–Kier alpha value is -4.32. The molecule has 2 aromatic carbocycles. The minimum atomic E-state index is -0.751. The second kappa shape index (κ2) is 8.07. The SMILES string of the molecule is O=C1C(=O)N(Cc2ccccn2)C(c2ccncc2)/C1=C(/O)c1cccc2ccccc12. The van der Waals surface area contributed by atoms with Crippen molar-refractivity contribution in [3.8, 4) is 0 Å². The summed E-state index contributed by atoms with van der Waals surface area (Å²) in [6.45, 7) is 0.144. The molecule has 32 heavy (non-hydrogen) atoms. The third-order valence-electron chi connectivity index (χ3n) is 5.67. The minimum absolute atomic E-state index is 0.0634. The van der Waals surface area contributed by atoms with Crippen molar-refractivity contribution in [3.05, 3.63) is 114 Å². The molecule has 1 fully saturated rings. The van der Waals surface area contributed by atoms with Crippen molar-refractivity contribution >= 4 is 28.2 Å². The smallest absolute Gasteiger partial charge is 0.296 e. The van der Waals surface area contributed by atoms with Crippen molar-refractivity contribution in [3.63, 3.8) is 0 Å². The summed E-state index contributed by atoms with van der Waals surface area (Å²) in [7, 11) is 0. The van der Waals surface area contributed by atoms with Crippen LogP contribution in [0.1, 0.15) is 22.9 Å². The summed E-state index contributed by atoms with van der Waals surface area (Å²) in [6, 6.07) is 21.3. The van der Waals surface area contributed by atoms with Gasteiger partial charge in [0, 0.05) is 24.2 Å². The number of carbonyl (C=O) groups is 2. The highest BCUT2D eigenvalue weighted by molar-refractivity contribution is 6.46. The second-order valence-electron chi connectivity index (χ2n) is 7.56. The lowest BCUT2D eigenvalue weighted by atomic mass is 9.94. The first-order valence-electron chi connectivity index (χ1n) is 10.2. The first kappa shape index (κ1) is 19.6. The largest absolute Gasteiger partial charge is 0.507 e. The van der Waals surface area contributed by atoms with Crippen LogP contribution in [0.25, 0.3) is 16.5 Å². The van der Waals surface area contributed by atoms with E-state index in [1.54, 1.807) is 48.9 Å². The molecule has 1 unspecified atom stereocenters. The molecule has 2 aromatic heterocycles. The molecule has 0 spiro atoms. The van der Waals surface area contributed by atoms with Crippen molar-refractivity contribution < 1.29 is 14.7 Å². The lowest BCUT2D eigenvalue weighted by Gasteiger charge is -2.25. The molecule has 0 bridgehead atoms. The van der Waals surface area contributed by atoms with Crippen LogP contribution in [0.3, 0.4) is 0 Å². The predicted octanol–water partition coefficient (Wildman–Crippen LogP) is 4.25. The number of aliphatic hydroxyl groups is 1. The maximum atomic E-state index is 13.2. The quantitative estimate of drug-likeness (QED) is 0.303. The maximum absolute atomic E-state index is 13.2. The van der Waals surface area contributed by atoms with Crippen molar-refractivity contribution in [2.75, 3.05) is 0 Å². The molecule has 1 amide bonds. The number of Topliss-reactive ketones (excluding diaryl/α,β-unsaturated/α-hetero) is 1. The molecule has 1 saturated heterocycles. The Bertz CT molecular complexity index is 1350. The van der Waals surface area contributed by atoms with E-state index in [-0.39, 0.29) is 17.9 Å². The molecule has 1 N–H and O–H groups in total. The van der Waals surface area contributed by atoms with E-state index in [1.807, 2.05) is 42.5 Å². The Balaban J connectivity index is 1.70. The Labute approximate surface area is 184 Å². The lowest BCUT2D eigenvalue weighted by Crippen LogP contribution is -2.29. The zero-order chi connectivity index (χ0) is 22.1. The van der Waals surface area contributed by atoms with E-state index in [4.69, 9.17) is 0 Å².